The molecule has 3 heterocycles. The Bertz CT molecular complexity index is 1520. The Kier molecular flexibility index (Phi) is 10.5. The maximum atomic E-state index is 14.9. The number of fused-ring (bicyclic) bond motifs is 2. The fourth-order valence-electron chi connectivity index (χ4n) is 7.69. The SMILES string of the molecule is C=CCCC(=O)NC[C@H](C)OC(=O)[C@@H]1[C@@H]2CC[C@]3(O2)[C@H](C(=O)N(CC=C)c2ccc4ccccc4c2)N([C@@H](CO)CC(C)C)C(=O)[C@@H]13. The lowest BCUT2D eigenvalue weighted by Gasteiger charge is -2.39. The molecular weight excluding hydrogens is 598 g/mol. The number of allylic oxidation sites excluding steroid dienone is 1. The number of aliphatic hydroxyl groups excluding tert-OH is 1. The zero-order valence-corrected chi connectivity index (χ0v) is 27.6. The molecule has 0 aromatic heterocycles. The Morgan fingerprint density at radius 2 is 1.89 bits per heavy atom. The van der Waals surface area contributed by atoms with Crippen LogP contribution in [0, 0.1) is 17.8 Å². The lowest BCUT2D eigenvalue weighted by molar-refractivity contribution is -0.159. The number of carbonyl (C=O) groups excluding carboxylic acids is 4. The first kappa shape index (κ1) is 34.3. The van der Waals surface area contributed by atoms with Gasteiger partial charge in [0.25, 0.3) is 5.91 Å². The van der Waals surface area contributed by atoms with E-state index in [2.05, 4.69) is 18.5 Å². The van der Waals surface area contributed by atoms with Crippen LogP contribution in [0.3, 0.4) is 0 Å². The zero-order valence-electron chi connectivity index (χ0n) is 27.6. The van der Waals surface area contributed by atoms with Gasteiger partial charge in [0.1, 0.15) is 17.7 Å². The van der Waals surface area contributed by atoms with E-state index in [1.54, 1.807) is 24.0 Å². The molecule has 3 fully saturated rings. The molecule has 3 aliphatic rings. The number of aliphatic hydroxyl groups is 1. The Balaban J connectivity index is 1.48. The summed E-state index contributed by atoms with van der Waals surface area (Å²) in [6.07, 6.45) is 4.27. The third kappa shape index (κ3) is 6.58. The molecule has 10 heteroatoms. The summed E-state index contributed by atoms with van der Waals surface area (Å²) in [5, 5.41) is 15.4. The number of likely N-dealkylation sites (tertiary alicyclic amines) is 1. The number of hydrogen-bond donors (Lipinski definition) is 2. The van der Waals surface area contributed by atoms with E-state index in [9.17, 15) is 24.3 Å². The van der Waals surface area contributed by atoms with Gasteiger partial charge in [0.05, 0.1) is 37.1 Å². The van der Waals surface area contributed by atoms with Crippen LogP contribution in [0.25, 0.3) is 10.8 Å². The van der Waals surface area contributed by atoms with Crippen LogP contribution in [0.1, 0.15) is 52.9 Å². The van der Waals surface area contributed by atoms with Crippen molar-refractivity contribution in [1.29, 1.82) is 0 Å². The minimum Gasteiger partial charge on any atom is -0.460 e. The van der Waals surface area contributed by atoms with Gasteiger partial charge in [0.15, 0.2) is 0 Å². The Hall–Kier alpha value is -4.02. The van der Waals surface area contributed by atoms with Crippen LogP contribution >= 0.6 is 0 Å². The van der Waals surface area contributed by atoms with Gasteiger partial charge in [-0.2, -0.15) is 0 Å². The van der Waals surface area contributed by atoms with Gasteiger partial charge in [0.2, 0.25) is 11.8 Å². The number of carbonyl (C=O) groups is 4. The lowest BCUT2D eigenvalue weighted by atomic mass is 9.70. The normalized spacial score (nSPS) is 25.8. The molecule has 2 aromatic carbocycles. The molecule has 252 valence electrons. The number of hydrogen-bond acceptors (Lipinski definition) is 7. The molecule has 5 rings (SSSR count). The largest absolute Gasteiger partial charge is 0.460 e. The van der Waals surface area contributed by atoms with Gasteiger partial charge in [-0.05, 0) is 61.4 Å². The molecule has 7 atom stereocenters. The number of amides is 3. The molecule has 2 N–H and O–H groups in total. The molecule has 0 aliphatic carbocycles. The smallest absolute Gasteiger partial charge is 0.312 e. The molecule has 0 unspecified atom stereocenters. The van der Waals surface area contributed by atoms with E-state index in [0.717, 1.165) is 10.8 Å². The number of nitrogens with zero attached hydrogens (tertiary/aromatic N) is 2. The third-order valence-corrected chi connectivity index (χ3v) is 9.69. The van der Waals surface area contributed by atoms with Gasteiger partial charge in [0, 0.05) is 18.7 Å². The molecular formula is C37H47N3O7. The molecule has 1 spiro atoms. The second-order valence-corrected chi connectivity index (χ2v) is 13.4. The van der Waals surface area contributed by atoms with Crippen molar-refractivity contribution < 1.29 is 33.8 Å². The van der Waals surface area contributed by atoms with Crippen molar-refractivity contribution in [3.8, 4) is 0 Å². The summed E-state index contributed by atoms with van der Waals surface area (Å²) in [5.74, 6) is -3.22. The third-order valence-electron chi connectivity index (χ3n) is 9.69. The summed E-state index contributed by atoms with van der Waals surface area (Å²) in [6.45, 7) is 13.2. The quantitative estimate of drug-likeness (QED) is 0.220. The van der Waals surface area contributed by atoms with E-state index < -0.39 is 47.7 Å². The molecule has 3 amide bonds. The first-order valence-corrected chi connectivity index (χ1v) is 16.7. The van der Waals surface area contributed by atoms with Gasteiger partial charge < -0.3 is 29.7 Å². The highest BCUT2D eigenvalue weighted by Crippen LogP contribution is 2.59. The number of rotatable bonds is 15. The van der Waals surface area contributed by atoms with E-state index in [1.807, 2.05) is 56.3 Å². The van der Waals surface area contributed by atoms with Crippen LogP contribution in [0.4, 0.5) is 5.69 Å². The van der Waals surface area contributed by atoms with Gasteiger partial charge >= 0.3 is 5.97 Å². The second kappa shape index (κ2) is 14.4. The van der Waals surface area contributed by atoms with Crippen molar-refractivity contribution in [3.05, 3.63) is 67.8 Å². The summed E-state index contributed by atoms with van der Waals surface area (Å²) in [5.41, 5.74) is -0.608. The van der Waals surface area contributed by atoms with Crippen LogP contribution in [0.2, 0.25) is 0 Å². The second-order valence-electron chi connectivity index (χ2n) is 13.4. The van der Waals surface area contributed by atoms with E-state index in [-0.39, 0.29) is 49.8 Å². The number of ether oxygens (including phenoxy) is 2. The van der Waals surface area contributed by atoms with E-state index in [4.69, 9.17) is 9.47 Å². The van der Waals surface area contributed by atoms with Crippen LogP contribution in [-0.4, -0.2) is 83.3 Å². The average Bonchev–Trinajstić information content (AvgIpc) is 3.70. The van der Waals surface area contributed by atoms with Gasteiger partial charge in [-0.3, -0.25) is 19.2 Å². The highest BCUT2D eigenvalue weighted by Gasteiger charge is 2.75. The topological polar surface area (TPSA) is 125 Å². The molecule has 10 nitrogen and oxygen atoms in total. The fraction of sp³-hybridized carbons (Fsp3) is 0.514. The van der Waals surface area contributed by atoms with Gasteiger partial charge in [-0.1, -0.05) is 56.3 Å². The molecule has 0 radical (unpaired) electrons. The van der Waals surface area contributed by atoms with Crippen LogP contribution in [0.5, 0.6) is 0 Å². The maximum Gasteiger partial charge on any atom is 0.312 e. The Labute approximate surface area is 276 Å². The van der Waals surface area contributed by atoms with Gasteiger partial charge in [-0.25, -0.2) is 0 Å². The molecule has 47 heavy (non-hydrogen) atoms. The lowest BCUT2D eigenvalue weighted by Crippen LogP contribution is -2.59. The fourth-order valence-corrected chi connectivity index (χ4v) is 7.69. The summed E-state index contributed by atoms with van der Waals surface area (Å²) in [6, 6.07) is 11.9. The first-order chi connectivity index (χ1) is 22.6. The number of nitrogens with one attached hydrogen (secondary N) is 1. The van der Waals surface area contributed by atoms with Crippen LogP contribution < -0.4 is 10.2 Å². The zero-order chi connectivity index (χ0) is 33.9. The summed E-state index contributed by atoms with van der Waals surface area (Å²) in [7, 11) is 0. The Morgan fingerprint density at radius 3 is 2.57 bits per heavy atom. The molecule has 2 aromatic rings. The average molecular weight is 646 g/mol. The first-order valence-electron chi connectivity index (χ1n) is 16.7. The predicted molar refractivity (Wildman–Crippen MR) is 179 cm³/mol. The number of anilines is 1. The maximum absolute atomic E-state index is 14.9. The Morgan fingerprint density at radius 1 is 1.15 bits per heavy atom. The van der Waals surface area contributed by atoms with Crippen molar-refractivity contribution in [3.63, 3.8) is 0 Å². The summed E-state index contributed by atoms with van der Waals surface area (Å²) >= 11 is 0. The van der Waals surface area contributed by atoms with Crippen molar-refractivity contribution >= 4 is 40.2 Å². The summed E-state index contributed by atoms with van der Waals surface area (Å²) < 4.78 is 12.4. The molecule has 2 bridgehead atoms. The molecule has 0 saturated carbocycles. The standard InChI is InChI=1S/C37H47N3O7/c1-6-8-13-30(42)38-21-24(5)46-36(45)31-29-16-17-37(47-29)32(31)34(43)40(28(22-41)19-23(3)4)33(37)35(44)39(18-7-2)27-15-14-25-11-9-10-12-26(25)20-27/h6-7,9-12,14-15,20,23-24,28-29,31-33,41H,1-2,8,13,16-19,21-22H2,3-5H3,(H,38,42)/t24-,28+,29-,31+,32+,33-,37+/m0/s1. The van der Waals surface area contributed by atoms with Crippen LogP contribution in [-0.2, 0) is 28.7 Å². The van der Waals surface area contributed by atoms with E-state index in [0.29, 0.717) is 31.4 Å². The van der Waals surface area contributed by atoms with Crippen LogP contribution in [0.15, 0.2) is 67.8 Å². The minimum absolute atomic E-state index is 0.124. The van der Waals surface area contributed by atoms with E-state index >= 15 is 0 Å². The monoisotopic (exact) mass is 645 g/mol. The molecule has 3 saturated heterocycles. The van der Waals surface area contributed by atoms with Crippen molar-refractivity contribution in [2.45, 2.75) is 82.8 Å². The highest BCUT2D eigenvalue weighted by molar-refractivity contribution is 6.05. The van der Waals surface area contributed by atoms with Crippen molar-refractivity contribution in [1.82, 2.24) is 10.2 Å². The summed E-state index contributed by atoms with van der Waals surface area (Å²) in [4.78, 5) is 58.4. The minimum atomic E-state index is -1.26. The highest BCUT2D eigenvalue weighted by atomic mass is 16.6. The van der Waals surface area contributed by atoms with Crippen molar-refractivity contribution in [2.75, 3.05) is 24.6 Å². The number of benzene rings is 2. The molecule has 3 aliphatic heterocycles. The van der Waals surface area contributed by atoms with Gasteiger partial charge in [-0.15, -0.1) is 13.2 Å². The van der Waals surface area contributed by atoms with E-state index in [1.165, 1.54) is 4.90 Å². The van der Waals surface area contributed by atoms with Crippen molar-refractivity contribution in [2.24, 2.45) is 17.8 Å². The predicted octanol–water partition coefficient (Wildman–Crippen LogP) is 4.15. The number of esters is 1.